The highest BCUT2D eigenvalue weighted by molar-refractivity contribution is 5.04. The molecule has 0 atom stereocenters. The van der Waals surface area contributed by atoms with Gasteiger partial charge in [0.1, 0.15) is 5.72 Å². The molecule has 0 unspecified atom stereocenters. The van der Waals surface area contributed by atoms with Crippen molar-refractivity contribution in [3.8, 4) is 0 Å². The summed E-state index contributed by atoms with van der Waals surface area (Å²) in [6.07, 6.45) is 2.30. The second-order valence-corrected chi connectivity index (χ2v) is 6.15. The molecule has 1 saturated carbocycles. The second-order valence-electron chi connectivity index (χ2n) is 6.15. The Balaban J connectivity index is 1.61. The van der Waals surface area contributed by atoms with Crippen molar-refractivity contribution < 1.29 is 9.47 Å². The lowest BCUT2D eigenvalue weighted by molar-refractivity contribution is -0.264. The second kappa shape index (κ2) is 2.52. The van der Waals surface area contributed by atoms with Crippen molar-refractivity contribution in [2.75, 3.05) is 26.4 Å². The standard InChI is InChI=1S/C11H19NO2/c1-9(2)3-11(4-9)12-5-10(8-14-11)6-13-7-10/h12H,3-8H2,1-2H3. The minimum absolute atomic E-state index is 0.0182. The number of hydrogen-bond acceptors (Lipinski definition) is 3. The van der Waals surface area contributed by atoms with Crippen LogP contribution in [0.5, 0.6) is 0 Å². The zero-order chi connectivity index (χ0) is 9.86. The Morgan fingerprint density at radius 3 is 2.14 bits per heavy atom. The van der Waals surface area contributed by atoms with Crippen LogP contribution in [0.15, 0.2) is 0 Å². The summed E-state index contributed by atoms with van der Waals surface area (Å²) in [6, 6.07) is 0. The Morgan fingerprint density at radius 1 is 1.07 bits per heavy atom. The fraction of sp³-hybridized carbons (Fsp3) is 1.00. The molecule has 0 bridgehead atoms. The molecule has 0 aromatic heterocycles. The van der Waals surface area contributed by atoms with E-state index in [1.165, 1.54) is 0 Å². The van der Waals surface area contributed by atoms with E-state index in [0.717, 1.165) is 39.2 Å². The summed E-state index contributed by atoms with van der Waals surface area (Å²) in [5.74, 6) is 0. The van der Waals surface area contributed by atoms with Crippen LogP contribution in [0, 0.1) is 10.8 Å². The van der Waals surface area contributed by atoms with Crippen molar-refractivity contribution in [2.24, 2.45) is 10.8 Å². The molecule has 1 N–H and O–H groups in total. The van der Waals surface area contributed by atoms with E-state index >= 15 is 0 Å². The van der Waals surface area contributed by atoms with Crippen LogP contribution in [0.4, 0.5) is 0 Å². The molecule has 3 nitrogen and oxygen atoms in total. The van der Waals surface area contributed by atoms with Gasteiger partial charge in [0.15, 0.2) is 0 Å². The third-order valence-electron chi connectivity index (χ3n) is 3.78. The maximum absolute atomic E-state index is 6.00. The smallest absolute Gasteiger partial charge is 0.120 e. The molecule has 1 aliphatic carbocycles. The average molecular weight is 197 g/mol. The first-order valence-electron chi connectivity index (χ1n) is 5.50. The van der Waals surface area contributed by atoms with Gasteiger partial charge in [0, 0.05) is 6.54 Å². The molecule has 3 fully saturated rings. The van der Waals surface area contributed by atoms with Crippen LogP contribution in [0.1, 0.15) is 26.7 Å². The van der Waals surface area contributed by atoms with Crippen LogP contribution >= 0.6 is 0 Å². The van der Waals surface area contributed by atoms with Crippen molar-refractivity contribution >= 4 is 0 Å². The first-order valence-corrected chi connectivity index (χ1v) is 5.50. The Kier molecular flexibility index (Phi) is 1.64. The molecule has 80 valence electrons. The number of hydrogen-bond donors (Lipinski definition) is 1. The third kappa shape index (κ3) is 1.23. The monoisotopic (exact) mass is 197 g/mol. The topological polar surface area (TPSA) is 30.5 Å². The van der Waals surface area contributed by atoms with Gasteiger partial charge in [-0.25, -0.2) is 0 Å². The van der Waals surface area contributed by atoms with E-state index in [0.29, 0.717) is 10.8 Å². The molecule has 2 heterocycles. The molecule has 0 aromatic carbocycles. The van der Waals surface area contributed by atoms with Gasteiger partial charge in [0.2, 0.25) is 0 Å². The van der Waals surface area contributed by atoms with Crippen LogP contribution < -0.4 is 5.32 Å². The van der Waals surface area contributed by atoms with Gasteiger partial charge in [0.05, 0.1) is 25.2 Å². The van der Waals surface area contributed by atoms with E-state index in [9.17, 15) is 0 Å². The number of nitrogens with one attached hydrogen (secondary N) is 1. The van der Waals surface area contributed by atoms with Crippen LogP contribution in [0.25, 0.3) is 0 Å². The van der Waals surface area contributed by atoms with Gasteiger partial charge in [-0.3, -0.25) is 5.32 Å². The quantitative estimate of drug-likeness (QED) is 0.631. The van der Waals surface area contributed by atoms with Gasteiger partial charge >= 0.3 is 0 Å². The molecule has 3 aliphatic rings. The number of rotatable bonds is 0. The Morgan fingerprint density at radius 2 is 1.79 bits per heavy atom. The minimum atomic E-state index is 0.0182. The van der Waals surface area contributed by atoms with Crippen molar-refractivity contribution in [1.82, 2.24) is 5.32 Å². The summed E-state index contributed by atoms with van der Waals surface area (Å²) in [6.45, 7) is 8.32. The Hall–Kier alpha value is -0.120. The van der Waals surface area contributed by atoms with Crippen LogP contribution in [-0.2, 0) is 9.47 Å². The molecule has 3 heteroatoms. The zero-order valence-electron chi connectivity index (χ0n) is 9.06. The largest absolute Gasteiger partial charge is 0.380 e. The Labute approximate surface area is 85.1 Å². The van der Waals surface area contributed by atoms with Gasteiger partial charge in [-0.05, 0) is 18.3 Å². The SMILES string of the molecule is CC1(C)CC2(C1)NCC1(COC1)CO2. The van der Waals surface area contributed by atoms with Gasteiger partial charge < -0.3 is 9.47 Å². The predicted octanol–water partition coefficient (Wildman–Crippen LogP) is 1.14. The van der Waals surface area contributed by atoms with E-state index in [1.54, 1.807) is 0 Å². The summed E-state index contributed by atoms with van der Waals surface area (Å²) in [4.78, 5) is 0. The molecule has 2 spiro atoms. The maximum Gasteiger partial charge on any atom is 0.120 e. The van der Waals surface area contributed by atoms with Crippen LogP contribution in [0.3, 0.4) is 0 Å². The summed E-state index contributed by atoms with van der Waals surface area (Å²) in [7, 11) is 0. The van der Waals surface area contributed by atoms with Gasteiger partial charge in [-0.15, -0.1) is 0 Å². The van der Waals surface area contributed by atoms with Gasteiger partial charge in [-0.1, -0.05) is 13.8 Å². The minimum Gasteiger partial charge on any atom is -0.380 e. The molecule has 14 heavy (non-hydrogen) atoms. The zero-order valence-corrected chi connectivity index (χ0v) is 9.06. The summed E-state index contributed by atoms with van der Waals surface area (Å²) in [5, 5.41) is 3.58. The maximum atomic E-state index is 6.00. The molecule has 0 amide bonds. The van der Waals surface area contributed by atoms with Crippen molar-refractivity contribution in [1.29, 1.82) is 0 Å². The van der Waals surface area contributed by atoms with Gasteiger partial charge in [0.25, 0.3) is 0 Å². The fourth-order valence-corrected chi connectivity index (χ4v) is 3.04. The summed E-state index contributed by atoms with van der Waals surface area (Å²) < 4.78 is 11.3. The van der Waals surface area contributed by atoms with Crippen LogP contribution in [-0.4, -0.2) is 32.1 Å². The van der Waals surface area contributed by atoms with Crippen LogP contribution in [0.2, 0.25) is 0 Å². The van der Waals surface area contributed by atoms with E-state index in [-0.39, 0.29) is 5.72 Å². The van der Waals surface area contributed by atoms with E-state index < -0.39 is 0 Å². The van der Waals surface area contributed by atoms with Crippen molar-refractivity contribution in [2.45, 2.75) is 32.4 Å². The molecular weight excluding hydrogens is 178 g/mol. The highest BCUT2D eigenvalue weighted by Crippen LogP contribution is 2.51. The lowest BCUT2D eigenvalue weighted by Crippen LogP contribution is -2.70. The molecule has 3 rings (SSSR count). The average Bonchev–Trinajstić information content (AvgIpc) is 1.99. The van der Waals surface area contributed by atoms with E-state index in [1.807, 2.05) is 0 Å². The molecular formula is C11H19NO2. The van der Waals surface area contributed by atoms with E-state index in [4.69, 9.17) is 9.47 Å². The summed E-state index contributed by atoms with van der Waals surface area (Å²) >= 11 is 0. The molecule has 0 aromatic rings. The normalized spacial score (nSPS) is 36.4. The van der Waals surface area contributed by atoms with Gasteiger partial charge in [-0.2, -0.15) is 0 Å². The lowest BCUT2D eigenvalue weighted by Gasteiger charge is -2.59. The van der Waals surface area contributed by atoms with Crippen molar-refractivity contribution in [3.63, 3.8) is 0 Å². The molecule has 0 radical (unpaired) electrons. The first kappa shape index (κ1) is 9.13. The molecule has 2 saturated heterocycles. The summed E-state index contributed by atoms with van der Waals surface area (Å²) in [5.41, 5.74) is 0.795. The Bertz CT molecular complexity index is 238. The fourth-order valence-electron chi connectivity index (χ4n) is 3.04. The third-order valence-corrected chi connectivity index (χ3v) is 3.78. The molecule has 2 aliphatic heterocycles. The predicted molar refractivity (Wildman–Crippen MR) is 53.0 cm³/mol. The number of ether oxygens (including phenoxy) is 2. The lowest BCUT2D eigenvalue weighted by atomic mass is 9.64. The highest BCUT2D eigenvalue weighted by atomic mass is 16.5. The first-order chi connectivity index (χ1) is 6.54. The van der Waals surface area contributed by atoms with Crippen molar-refractivity contribution in [3.05, 3.63) is 0 Å². The highest BCUT2D eigenvalue weighted by Gasteiger charge is 2.55. The van der Waals surface area contributed by atoms with E-state index in [2.05, 4.69) is 19.2 Å².